The van der Waals surface area contributed by atoms with Crippen molar-refractivity contribution < 1.29 is 28.6 Å². The Kier molecular flexibility index (Phi) is 22.8. The van der Waals surface area contributed by atoms with Gasteiger partial charge in [-0.2, -0.15) is 0 Å². The molecule has 0 atom stereocenters. The molecular weight excluding hydrogens is 764 g/mol. The van der Waals surface area contributed by atoms with Crippen LogP contribution in [0.5, 0.6) is 0 Å². The molecule has 0 heterocycles. The van der Waals surface area contributed by atoms with Gasteiger partial charge in [-0.1, -0.05) is 200 Å². The second kappa shape index (κ2) is 26.9. The van der Waals surface area contributed by atoms with Gasteiger partial charge >= 0.3 is 19.5 Å². The van der Waals surface area contributed by atoms with Gasteiger partial charge in [0.1, 0.15) is 0 Å². The first-order valence-electron chi connectivity index (χ1n) is 16.4. The summed E-state index contributed by atoms with van der Waals surface area (Å²) < 4.78 is 0. The van der Waals surface area contributed by atoms with Gasteiger partial charge in [-0.15, -0.1) is 19.7 Å². The molecule has 0 bridgehead atoms. The molecule has 0 aliphatic carbocycles. The van der Waals surface area contributed by atoms with Gasteiger partial charge in [0, 0.05) is 0 Å². The van der Waals surface area contributed by atoms with Crippen molar-refractivity contribution in [2.24, 2.45) is 0 Å². The van der Waals surface area contributed by atoms with Crippen molar-refractivity contribution in [3.05, 3.63) is 220 Å². The van der Waals surface area contributed by atoms with E-state index in [0.29, 0.717) is 0 Å². The molecule has 0 aromatic heterocycles. The molecule has 0 aliphatic heterocycles. The summed E-state index contributed by atoms with van der Waals surface area (Å²) >= 11 is 0. The van der Waals surface area contributed by atoms with Crippen LogP contribution in [0.3, 0.4) is 0 Å². The predicted molar refractivity (Wildman–Crippen MR) is 231 cm³/mol. The first-order valence-corrected chi connectivity index (χ1v) is 21.0. The van der Waals surface area contributed by atoms with Crippen LogP contribution < -0.4 is 31.8 Å². The molecule has 0 saturated carbocycles. The number of hydrogen-bond donors (Lipinski definition) is 0. The standard InChI is InChI=1S/3C15H15P.CO.Rh.3H/c3*1-2-13-16(14-9-5-3-6-10-14)15-11-7-4-8-12-15;1-2;;;;/h3*2-12H,1,13H2;;;;;/q;;;;+3;3*-1. The molecule has 0 fully saturated rings. The number of hydrogen-bond acceptors (Lipinski definition) is 1. The van der Waals surface area contributed by atoms with Crippen molar-refractivity contribution in [1.29, 1.82) is 0 Å². The summed E-state index contributed by atoms with van der Waals surface area (Å²) in [6, 6.07) is 64.2. The Morgan fingerprint density at radius 3 is 0.608 bits per heavy atom. The van der Waals surface area contributed by atoms with Crippen molar-refractivity contribution in [2.75, 3.05) is 18.5 Å². The fourth-order valence-electron chi connectivity index (χ4n) is 5.11. The first-order chi connectivity index (χ1) is 24.7. The molecule has 0 saturated heterocycles. The van der Waals surface area contributed by atoms with Gasteiger partial charge in [0.05, 0.1) is 0 Å². The molecule has 0 amide bonds. The molecule has 5 heteroatoms. The smallest absolute Gasteiger partial charge is 1.00 e. The number of allylic oxidation sites excluding steroid dienone is 3. The number of rotatable bonds is 12. The molecule has 6 rings (SSSR count). The second-order valence-corrected chi connectivity index (χ2v) is 17.5. The quantitative estimate of drug-likeness (QED) is 0.0684. The third-order valence-corrected chi connectivity index (χ3v) is 14.7. The van der Waals surface area contributed by atoms with E-state index in [9.17, 15) is 0 Å². The summed E-state index contributed by atoms with van der Waals surface area (Å²) in [7, 11) is -0.807. The monoisotopic (exact) mass is 812 g/mol. The largest absolute Gasteiger partial charge is 3.00 e. The van der Waals surface area contributed by atoms with Gasteiger partial charge in [0.2, 0.25) is 0 Å². The van der Waals surface area contributed by atoms with Crippen LogP contribution in [0.1, 0.15) is 4.28 Å². The Bertz CT molecular complexity index is 1440. The van der Waals surface area contributed by atoms with Crippen molar-refractivity contribution in [2.45, 2.75) is 0 Å². The predicted octanol–water partition coefficient (Wildman–Crippen LogP) is 9.85. The average Bonchev–Trinajstić information content (AvgIpc) is 3.21. The zero-order valence-electron chi connectivity index (χ0n) is 31.9. The maximum Gasteiger partial charge on any atom is 3.00 e. The van der Waals surface area contributed by atoms with Crippen LogP contribution in [0.4, 0.5) is 0 Å². The summed E-state index contributed by atoms with van der Waals surface area (Å²) in [5.74, 6) is 0. The van der Waals surface area contributed by atoms with E-state index < -0.39 is 0 Å². The van der Waals surface area contributed by atoms with E-state index in [-0.39, 0.29) is 47.5 Å². The van der Waals surface area contributed by atoms with Crippen LogP contribution in [0, 0.1) is 0 Å². The van der Waals surface area contributed by atoms with Gasteiger partial charge in [0.15, 0.2) is 0 Å². The van der Waals surface area contributed by atoms with Crippen LogP contribution in [-0.2, 0) is 24.3 Å². The fraction of sp³-hybridized carbons (Fsp3) is 0.0652. The molecular formula is C46H48OP3Rh. The third kappa shape index (κ3) is 15.1. The maximum absolute atomic E-state index is 7.50. The van der Waals surface area contributed by atoms with Gasteiger partial charge in [-0.25, -0.2) is 0 Å². The van der Waals surface area contributed by atoms with E-state index in [0.717, 1.165) is 18.5 Å². The van der Waals surface area contributed by atoms with Crippen molar-refractivity contribution in [3.8, 4) is 0 Å². The van der Waals surface area contributed by atoms with E-state index in [1.165, 1.54) is 31.8 Å². The topological polar surface area (TPSA) is 17.1 Å². The maximum atomic E-state index is 7.50. The minimum absolute atomic E-state index is 0. The van der Waals surface area contributed by atoms with Crippen LogP contribution in [0.25, 0.3) is 0 Å². The third-order valence-electron chi connectivity index (χ3n) is 7.34. The Morgan fingerprint density at radius 2 is 0.490 bits per heavy atom. The van der Waals surface area contributed by atoms with Crippen molar-refractivity contribution in [3.63, 3.8) is 0 Å². The number of benzene rings is 6. The zero-order valence-corrected chi connectivity index (χ0v) is 33.2. The van der Waals surface area contributed by atoms with E-state index in [2.05, 4.69) is 209 Å². The van der Waals surface area contributed by atoms with E-state index >= 15 is 0 Å². The molecule has 51 heavy (non-hydrogen) atoms. The van der Waals surface area contributed by atoms with Gasteiger partial charge in [0.25, 0.3) is 6.79 Å². The molecule has 0 N–H and O–H groups in total. The van der Waals surface area contributed by atoms with Crippen LogP contribution in [0.15, 0.2) is 220 Å². The summed E-state index contributed by atoms with van der Waals surface area (Å²) in [6.45, 7) is 16.1. The van der Waals surface area contributed by atoms with Gasteiger partial charge in [-0.05, 0) is 74.1 Å². The zero-order chi connectivity index (χ0) is 35.7. The van der Waals surface area contributed by atoms with E-state index in [4.69, 9.17) is 4.79 Å². The first kappa shape index (κ1) is 43.3. The molecule has 2 radical (unpaired) electrons. The van der Waals surface area contributed by atoms with Gasteiger partial charge in [-0.3, -0.25) is 4.79 Å². The molecule has 6 aromatic carbocycles. The Morgan fingerprint density at radius 1 is 0.353 bits per heavy atom. The Labute approximate surface area is 327 Å². The van der Waals surface area contributed by atoms with Crippen LogP contribution >= 0.6 is 23.8 Å². The van der Waals surface area contributed by atoms with Crippen LogP contribution in [0.2, 0.25) is 0 Å². The molecule has 6 aromatic rings. The SMILES string of the molecule is C=CCP(c1ccccc1)c1ccccc1.C=CCP(c1ccccc1)c1ccccc1.C=CCP(c1ccccc1)c1ccccc1.[C]=O.[H-].[H-].[H-].[Rh+3]. The minimum atomic E-state index is -0.269. The minimum Gasteiger partial charge on any atom is -1.00 e. The summed E-state index contributed by atoms with van der Waals surface area (Å²) in [4.78, 5) is 7.50. The molecule has 0 unspecified atom stereocenters. The Hall–Kier alpha value is -3.88. The molecule has 1 nitrogen and oxygen atoms in total. The van der Waals surface area contributed by atoms with E-state index in [1.54, 1.807) is 0 Å². The van der Waals surface area contributed by atoms with Crippen molar-refractivity contribution in [1.82, 2.24) is 0 Å². The van der Waals surface area contributed by atoms with Gasteiger partial charge < -0.3 is 4.28 Å². The van der Waals surface area contributed by atoms with Crippen LogP contribution in [-0.4, -0.2) is 25.3 Å². The second-order valence-electron chi connectivity index (χ2n) is 10.7. The fourth-order valence-corrected chi connectivity index (χ4v) is 11.2. The summed E-state index contributed by atoms with van der Waals surface area (Å²) in [5.41, 5.74) is 0. The molecule has 0 aliphatic rings. The van der Waals surface area contributed by atoms with Crippen molar-refractivity contribution >= 4 is 62.4 Å². The summed E-state index contributed by atoms with van der Waals surface area (Å²) in [5, 5.41) is 8.52. The Balaban J connectivity index is 0. The molecule has 262 valence electrons. The summed E-state index contributed by atoms with van der Waals surface area (Å²) in [6.07, 6.45) is 9.19. The average molecular weight is 813 g/mol. The van der Waals surface area contributed by atoms with E-state index in [1.807, 2.05) is 18.2 Å². The molecule has 0 spiro atoms. The normalized spacial score (nSPS) is 9.78. The number of carbonyl (C=O) groups excluding carboxylic acids is 1.